The maximum absolute atomic E-state index is 12.9. The summed E-state index contributed by atoms with van der Waals surface area (Å²) in [7, 11) is 0. The Labute approximate surface area is 164 Å². The zero-order valence-corrected chi connectivity index (χ0v) is 16.2. The van der Waals surface area contributed by atoms with Crippen LogP contribution in [0.5, 0.6) is 0 Å². The van der Waals surface area contributed by atoms with Gasteiger partial charge in [-0.3, -0.25) is 9.36 Å². The van der Waals surface area contributed by atoms with Crippen LogP contribution in [-0.4, -0.2) is 48.9 Å². The van der Waals surface area contributed by atoms with Gasteiger partial charge in [0.15, 0.2) is 5.82 Å². The second-order valence-corrected chi connectivity index (χ2v) is 7.81. The van der Waals surface area contributed by atoms with Crippen molar-refractivity contribution in [1.82, 2.24) is 29.5 Å². The lowest BCUT2D eigenvalue weighted by molar-refractivity contribution is 0.180. The smallest absolute Gasteiger partial charge is 0.317 e. The molecule has 0 spiro atoms. The van der Waals surface area contributed by atoms with Gasteiger partial charge in [0.25, 0.3) is 5.56 Å². The third-order valence-electron chi connectivity index (χ3n) is 5.83. The maximum Gasteiger partial charge on any atom is 0.317 e. The predicted molar refractivity (Wildman–Crippen MR) is 105 cm³/mol. The lowest BCUT2D eigenvalue weighted by Crippen LogP contribution is -2.48. The van der Waals surface area contributed by atoms with Gasteiger partial charge in [-0.25, -0.2) is 14.5 Å². The number of carbonyl (C=O) groups is 1. The van der Waals surface area contributed by atoms with Gasteiger partial charge in [0, 0.05) is 31.0 Å². The second-order valence-electron chi connectivity index (χ2n) is 7.81. The summed E-state index contributed by atoms with van der Waals surface area (Å²) in [4.78, 5) is 31.1. The van der Waals surface area contributed by atoms with E-state index in [0.717, 1.165) is 32.2 Å². The summed E-state index contributed by atoms with van der Waals surface area (Å²) >= 11 is 0. The molecule has 1 unspecified atom stereocenters. The molecule has 0 radical (unpaired) electrons. The Morgan fingerprint density at radius 1 is 1.11 bits per heavy atom. The SMILES string of the molecule is O=C(NC1CCCCCC1)N1CCCC1Cn1nc(-n2ccnc2)ccc1=O. The average Bonchev–Trinajstić information content (AvgIpc) is 3.32. The molecule has 4 rings (SSSR count). The highest BCUT2D eigenvalue weighted by atomic mass is 16.2. The lowest BCUT2D eigenvalue weighted by atomic mass is 10.1. The molecule has 2 aromatic rings. The largest absolute Gasteiger partial charge is 0.335 e. The fourth-order valence-electron chi connectivity index (χ4n) is 4.28. The van der Waals surface area contributed by atoms with Crippen molar-refractivity contribution in [3.05, 3.63) is 41.2 Å². The van der Waals surface area contributed by atoms with E-state index in [9.17, 15) is 9.59 Å². The van der Waals surface area contributed by atoms with E-state index in [1.54, 1.807) is 29.4 Å². The van der Waals surface area contributed by atoms with Gasteiger partial charge in [0.05, 0.1) is 12.6 Å². The third-order valence-corrected chi connectivity index (χ3v) is 5.83. The standard InChI is InChI=1S/C20H28N6O2/c27-19-10-9-18(24-13-11-21-15-24)23-26(19)14-17-8-5-12-25(17)20(28)22-16-6-3-1-2-4-7-16/h9-11,13,15-17H,1-8,12,14H2,(H,22,28). The number of imidazole rings is 1. The first-order valence-corrected chi connectivity index (χ1v) is 10.3. The third kappa shape index (κ3) is 4.26. The second kappa shape index (κ2) is 8.58. The molecule has 2 amide bonds. The first-order valence-electron chi connectivity index (χ1n) is 10.3. The minimum absolute atomic E-state index is 0.00554. The molecule has 28 heavy (non-hydrogen) atoms. The molecule has 1 aliphatic carbocycles. The number of likely N-dealkylation sites (tertiary alicyclic amines) is 1. The number of nitrogens with one attached hydrogen (secondary N) is 1. The van der Waals surface area contributed by atoms with Crippen LogP contribution in [0.4, 0.5) is 4.79 Å². The average molecular weight is 384 g/mol. The van der Waals surface area contributed by atoms with Gasteiger partial charge in [-0.15, -0.1) is 0 Å². The Balaban J connectivity index is 1.44. The normalized spacial score (nSPS) is 20.9. The molecule has 150 valence electrons. The highest BCUT2D eigenvalue weighted by molar-refractivity contribution is 5.75. The van der Waals surface area contributed by atoms with E-state index < -0.39 is 0 Å². The van der Waals surface area contributed by atoms with Crippen molar-refractivity contribution < 1.29 is 4.79 Å². The molecule has 3 heterocycles. The Morgan fingerprint density at radius 2 is 1.93 bits per heavy atom. The van der Waals surface area contributed by atoms with E-state index in [4.69, 9.17) is 0 Å². The Bertz CT molecular complexity index is 839. The van der Waals surface area contributed by atoms with E-state index in [2.05, 4.69) is 15.4 Å². The van der Waals surface area contributed by atoms with Gasteiger partial charge in [-0.05, 0) is 31.7 Å². The van der Waals surface area contributed by atoms with Crippen LogP contribution >= 0.6 is 0 Å². The summed E-state index contributed by atoms with van der Waals surface area (Å²) in [5.74, 6) is 0.643. The molecular weight excluding hydrogens is 356 g/mol. The van der Waals surface area contributed by atoms with Crippen molar-refractivity contribution in [1.29, 1.82) is 0 Å². The highest BCUT2D eigenvalue weighted by Crippen LogP contribution is 2.21. The molecule has 1 saturated carbocycles. The van der Waals surface area contributed by atoms with E-state index in [1.807, 2.05) is 4.90 Å². The van der Waals surface area contributed by atoms with Crippen LogP contribution in [0.3, 0.4) is 0 Å². The van der Waals surface area contributed by atoms with Gasteiger partial charge < -0.3 is 10.2 Å². The number of urea groups is 1. The summed E-state index contributed by atoms with van der Waals surface area (Å²) in [6, 6.07) is 3.49. The van der Waals surface area contributed by atoms with Crippen molar-refractivity contribution >= 4 is 6.03 Å². The molecule has 8 nitrogen and oxygen atoms in total. The predicted octanol–water partition coefficient (Wildman–Crippen LogP) is 2.33. The number of hydrogen-bond acceptors (Lipinski definition) is 4. The molecule has 8 heteroatoms. The van der Waals surface area contributed by atoms with Crippen LogP contribution in [0.15, 0.2) is 35.6 Å². The Hall–Kier alpha value is -2.64. The summed E-state index contributed by atoms with van der Waals surface area (Å²) in [5.41, 5.74) is -0.153. The minimum atomic E-state index is -0.153. The summed E-state index contributed by atoms with van der Waals surface area (Å²) < 4.78 is 3.23. The van der Waals surface area contributed by atoms with Crippen molar-refractivity contribution in [2.75, 3.05) is 6.54 Å². The first kappa shape index (κ1) is 18.7. The van der Waals surface area contributed by atoms with Gasteiger partial charge in [-0.1, -0.05) is 25.7 Å². The van der Waals surface area contributed by atoms with E-state index >= 15 is 0 Å². The van der Waals surface area contributed by atoms with Gasteiger partial charge in [-0.2, -0.15) is 5.10 Å². The molecule has 2 aromatic heterocycles. The number of aromatic nitrogens is 4. The molecule has 2 aliphatic rings. The van der Waals surface area contributed by atoms with Gasteiger partial charge >= 0.3 is 6.03 Å². The molecule has 0 bridgehead atoms. The Kier molecular flexibility index (Phi) is 5.73. The van der Waals surface area contributed by atoms with E-state index in [0.29, 0.717) is 12.4 Å². The summed E-state index contributed by atoms with van der Waals surface area (Å²) in [5, 5.41) is 7.70. The number of rotatable bonds is 4. The van der Waals surface area contributed by atoms with Crippen LogP contribution in [0.1, 0.15) is 51.4 Å². The first-order chi connectivity index (χ1) is 13.7. The highest BCUT2D eigenvalue weighted by Gasteiger charge is 2.30. The molecule has 2 fully saturated rings. The molecule has 1 saturated heterocycles. The summed E-state index contributed by atoms with van der Waals surface area (Å²) in [6.45, 7) is 1.15. The van der Waals surface area contributed by atoms with Gasteiger partial charge in [0.2, 0.25) is 0 Å². The van der Waals surface area contributed by atoms with Crippen LogP contribution in [0, 0.1) is 0 Å². The van der Waals surface area contributed by atoms with Gasteiger partial charge in [0.1, 0.15) is 6.33 Å². The topological polar surface area (TPSA) is 85.1 Å². The number of carbonyl (C=O) groups excluding carboxylic acids is 1. The van der Waals surface area contributed by atoms with Crippen molar-refractivity contribution in [2.45, 2.75) is 70.0 Å². The monoisotopic (exact) mass is 384 g/mol. The lowest BCUT2D eigenvalue weighted by Gasteiger charge is -2.27. The summed E-state index contributed by atoms with van der Waals surface area (Å²) in [6.07, 6.45) is 14.0. The Morgan fingerprint density at radius 3 is 2.68 bits per heavy atom. The molecule has 0 aromatic carbocycles. The van der Waals surface area contributed by atoms with E-state index in [-0.39, 0.29) is 23.7 Å². The maximum atomic E-state index is 12.9. The fourth-order valence-corrected chi connectivity index (χ4v) is 4.28. The fraction of sp³-hybridized carbons (Fsp3) is 0.600. The van der Waals surface area contributed by atoms with Crippen LogP contribution in [-0.2, 0) is 6.54 Å². The molecular formula is C20H28N6O2. The zero-order chi connectivity index (χ0) is 19.3. The number of amides is 2. The van der Waals surface area contributed by atoms with Crippen LogP contribution in [0.2, 0.25) is 0 Å². The molecule has 1 atom stereocenters. The van der Waals surface area contributed by atoms with Crippen molar-refractivity contribution in [3.8, 4) is 5.82 Å². The van der Waals surface area contributed by atoms with Crippen LogP contribution in [0.25, 0.3) is 5.82 Å². The number of hydrogen-bond donors (Lipinski definition) is 1. The number of nitrogens with zero attached hydrogens (tertiary/aromatic N) is 5. The zero-order valence-electron chi connectivity index (χ0n) is 16.2. The molecule has 1 N–H and O–H groups in total. The van der Waals surface area contributed by atoms with Crippen molar-refractivity contribution in [2.24, 2.45) is 0 Å². The van der Waals surface area contributed by atoms with E-state index in [1.165, 1.54) is 36.4 Å². The molecule has 1 aliphatic heterocycles. The minimum Gasteiger partial charge on any atom is -0.335 e. The van der Waals surface area contributed by atoms with Crippen LogP contribution < -0.4 is 10.9 Å². The quantitative estimate of drug-likeness (QED) is 0.820. The van der Waals surface area contributed by atoms with Crippen molar-refractivity contribution in [3.63, 3.8) is 0 Å².